The van der Waals surface area contributed by atoms with Gasteiger partial charge in [0.1, 0.15) is 0 Å². The molecule has 0 bridgehead atoms. The van der Waals surface area contributed by atoms with E-state index in [-0.39, 0.29) is 11.8 Å². The molecule has 228 valence electrons. The van der Waals surface area contributed by atoms with E-state index in [1.807, 2.05) is 36.4 Å². The summed E-state index contributed by atoms with van der Waals surface area (Å²) in [7, 11) is 0. The molecule has 0 spiro atoms. The number of amides is 1. The third kappa shape index (κ3) is 7.80. The maximum absolute atomic E-state index is 12.6. The van der Waals surface area contributed by atoms with Gasteiger partial charge in [-0.2, -0.15) is 18.3 Å². The summed E-state index contributed by atoms with van der Waals surface area (Å²) < 4.78 is 37.2. The second-order valence-electron chi connectivity index (χ2n) is 10.5. The lowest BCUT2D eigenvalue weighted by atomic mass is 9.92. The van der Waals surface area contributed by atoms with Gasteiger partial charge in [-0.05, 0) is 53.0 Å². The van der Waals surface area contributed by atoms with Crippen molar-refractivity contribution in [2.75, 3.05) is 19.8 Å². The van der Waals surface area contributed by atoms with Gasteiger partial charge in [0.15, 0.2) is 0 Å². The number of benzene rings is 3. The fraction of sp³-hybridized carbons (Fsp3) is 0.242. The second-order valence-corrected chi connectivity index (χ2v) is 10.5. The maximum atomic E-state index is 12.6. The number of H-pyrrole nitrogens is 1. The zero-order valence-corrected chi connectivity index (χ0v) is 23.6. The van der Waals surface area contributed by atoms with E-state index in [0.29, 0.717) is 12.6 Å². The van der Waals surface area contributed by atoms with Gasteiger partial charge in [0.05, 0.1) is 17.8 Å². The molecule has 8 nitrogen and oxygen atoms in total. The van der Waals surface area contributed by atoms with E-state index in [1.165, 1.54) is 5.56 Å². The van der Waals surface area contributed by atoms with Gasteiger partial charge in [0, 0.05) is 42.6 Å². The quantitative estimate of drug-likeness (QED) is 0.206. The highest BCUT2D eigenvalue weighted by atomic mass is 19.4. The van der Waals surface area contributed by atoms with E-state index >= 15 is 0 Å². The van der Waals surface area contributed by atoms with Crippen LogP contribution >= 0.6 is 0 Å². The largest absolute Gasteiger partial charge is 0.490 e. The molecule has 1 amide bonds. The molecule has 2 aliphatic rings. The average Bonchev–Trinajstić information content (AvgIpc) is 3.77. The van der Waals surface area contributed by atoms with Crippen molar-refractivity contribution in [3.8, 4) is 0 Å². The number of nitrogens with one attached hydrogen (secondary N) is 3. The first-order valence-electron chi connectivity index (χ1n) is 14.1. The summed E-state index contributed by atoms with van der Waals surface area (Å²) in [5, 5.41) is 22.4. The van der Waals surface area contributed by atoms with E-state index < -0.39 is 12.1 Å². The lowest BCUT2D eigenvalue weighted by molar-refractivity contribution is -0.192. The number of carbonyl (C=O) groups excluding carboxylic acids is 1. The minimum atomic E-state index is -5.08. The van der Waals surface area contributed by atoms with Crippen LogP contribution in [0.25, 0.3) is 29.1 Å². The smallest absolute Gasteiger partial charge is 0.475 e. The van der Waals surface area contributed by atoms with E-state index in [2.05, 4.69) is 75.4 Å². The van der Waals surface area contributed by atoms with Crippen LogP contribution in [-0.4, -0.2) is 59.2 Å². The predicted octanol–water partition coefficient (Wildman–Crippen LogP) is 5.54. The Morgan fingerprint density at radius 1 is 1.05 bits per heavy atom. The molecule has 2 saturated heterocycles. The van der Waals surface area contributed by atoms with Crippen molar-refractivity contribution in [3.63, 3.8) is 0 Å². The van der Waals surface area contributed by atoms with Crippen LogP contribution in [0, 0.1) is 0 Å². The first-order valence-corrected chi connectivity index (χ1v) is 14.1. The number of fused-ring (bicyclic) bond motifs is 1. The van der Waals surface area contributed by atoms with Crippen molar-refractivity contribution in [2.24, 2.45) is 0 Å². The molecule has 0 aliphatic carbocycles. The van der Waals surface area contributed by atoms with Crippen molar-refractivity contribution in [1.82, 2.24) is 20.8 Å². The number of nitrogens with zero attached hydrogens (tertiary/aromatic N) is 1. The van der Waals surface area contributed by atoms with Gasteiger partial charge in [-0.15, -0.1) is 0 Å². The molecule has 1 unspecified atom stereocenters. The molecule has 44 heavy (non-hydrogen) atoms. The van der Waals surface area contributed by atoms with Crippen molar-refractivity contribution in [1.29, 1.82) is 0 Å². The number of carboxylic acids is 1. The minimum absolute atomic E-state index is 0.00321. The zero-order chi connectivity index (χ0) is 31.1. The van der Waals surface area contributed by atoms with Crippen molar-refractivity contribution < 1.29 is 32.6 Å². The van der Waals surface area contributed by atoms with Gasteiger partial charge in [-0.25, -0.2) is 4.79 Å². The summed E-state index contributed by atoms with van der Waals surface area (Å²) in [5.74, 6) is -2.70. The summed E-state index contributed by atoms with van der Waals surface area (Å²) in [6.45, 7) is 3.15. The lowest BCUT2D eigenvalue weighted by Crippen LogP contribution is -2.28. The second kappa shape index (κ2) is 13.7. The van der Waals surface area contributed by atoms with E-state index in [1.54, 1.807) is 0 Å². The Morgan fingerprint density at radius 3 is 2.45 bits per heavy atom. The Labute approximate surface area is 251 Å². The van der Waals surface area contributed by atoms with Gasteiger partial charge in [-0.1, -0.05) is 66.7 Å². The van der Waals surface area contributed by atoms with E-state index in [4.69, 9.17) is 14.6 Å². The van der Waals surface area contributed by atoms with Crippen molar-refractivity contribution >= 4 is 41.0 Å². The van der Waals surface area contributed by atoms with Crippen LogP contribution in [0.15, 0.2) is 78.4 Å². The molecule has 2 atom stereocenters. The highest BCUT2D eigenvalue weighted by Crippen LogP contribution is 2.30. The van der Waals surface area contributed by atoms with Gasteiger partial charge < -0.3 is 20.5 Å². The first-order chi connectivity index (χ1) is 21.2. The summed E-state index contributed by atoms with van der Waals surface area (Å²) in [6, 6.07) is 25.4. The van der Waals surface area contributed by atoms with Crippen molar-refractivity contribution in [3.05, 3.63) is 106 Å². The van der Waals surface area contributed by atoms with E-state index in [0.717, 1.165) is 65.0 Å². The number of ether oxygens (including phenoxy) is 1. The molecule has 3 aromatic carbocycles. The predicted molar refractivity (Wildman–Crippen MR) is 161 cm³/mol. The van der Waals surface area contributed by atoms with Crippen LogP contribution in [-0.2, 0) is 20.9 Å². The van der Waals surface area contributed by atoms with Crippen LogP contribution in [0.3, 0.4) is 0 Å². The molecular weight excluding hydrogens is 573 g/mol. The number of aromatic nitrogens is 2. The van der Waals surface area contributed by atoms with Crippen molar-refractivity contribution in [2.45, 2.75) is 31.1 Å². The van der Waals surface area contributed by atoms with Crippen LogP contribution in [0.5, 0.6) is 0 Å². The molecule has 2 fully saturated rings. The Kier molecular flexibility index (Phi) is 9.56. The van der Waals surface area contributed by atoms with Crippen LogP contribution in [0.1, 0.15) is 40.3 Å². The van der Waals surface area contributed by atoms with Crippen LogP contribution < -0.4 is 10.6 Å². The topological polar surface area (TPSA) is 116 Å². The lowest BCUT2D eigenvalue weighted by Gasteiger charge is -2.10. The fourth-order valence-electron chi connectivity index (χ4n) is 5.05. The number of alkyl halides is 3. The molecule has 11 heteroatoms. The number of carbonyl (C=O) groups is 2. The average molecular weight is 605 g/mol. The number of aliphatic carboxylic acids is 1. The Balaban J connectivity index is 0.000000493. The van der Waals surface area contributed by atoms with Gasteiger partial charge >= 0.3 is 12.1 Å². The van der Waals surface area contributed by atoms with Gasteiger partial charge in [-0.3, -0.25) is 9.89 Å². The third-order valence-corrected chi connectivity index (χ3v) is 7.43. The number of hydrogen-bond donors (Lipinski definition) is 4. The number of hydrogen-bond acceptors (Lipinski definition) is 5. The SMILES string of the molecule is O=C(O)C(F)(F)F.O=C1NCC(c2ccccc2)/C1=C\c1ccc2c(/C=C/c3ccc(CN[C@@H]4CCOC4)cc3)n[nH]c2c1. The zero-order valence-electron chi connectivity index (χ0n) is 23.6. The number of carboxylic acid groups (broad SMARTS) is 1. The fourth-order valence-corrected chi connectivity index (χ4v) is 5.05. The van der Waals surface area contributed by atoms with Gasteiger partial charge in [0.2, 0.25) is 5.91 Å². The minimum Gasteiger partial charge on any atom is -0.475 e. The maximum Gasteiger partial charge on any atom is 0.490 e. The number of aromatic amines is 1. The molecule has 3 heterocycles. The Morgan fingerprint density at radius 2 is 1.77 bits per heavy atom. The summed E-state index contributed by atoms with van der Waals surface area (Å²) in [5.41, 5.74) is 7.15. The molecule has 1 aromatic heterocycles. The first kappa shape index (κ1) is 30.7. The monoisotopic (exact) mass is 604 g/mol. The molecule has 0 saturated carbocycles. The molecular formula is C33H31F3N4O4. The van der Waals surface area contributed by atoms with Crippen LogP contribution in [0.4, 0.5) is 13.2 Å². The van der Waals surface area contributed by atoms with E-state index in [9.17, 15) is 18.0 Å². The summed E-state index contributed by atoms with van der Waals surface area (Å²) in [6.07, 6.45) is 2.11. The molecule has 6 rings (SSSR count). The summed E-state index contributed by atoms with van der Waals surface area (Å²) in [4.78, 5) is 21.4. The third-order valence-electron chi connectivity index (χ3n) is 7.43. The Bertz CT molecular complexity index is 1660. The highest BCUT2D eigenvalue weighted by Gasteiger charge is 2.38. The Hall–Kier alpha value is -4.74. The van der Waals surface area contributed by atoms with Crippen LogP contribution in [0.2, 0.25) is 0 Å². The molecule has 4 aromatic rings. The highest BCUT2D eigenvalue weighted by molar-refractivity contribution is 6.02. The molecule has 0 radical (unpaired) electrons. The number of halogens is 3. The van der Waals surface area contributed by atoms with Gasteiger partial charge in [0.25, 0.3) is 0 Å². The normalized spacial score (nSPS) is 19.3. The molecule has 2 aliphatic heterocycles. The standard InChI is InChI=1S/C31H30N4O2.C2HF3O2/c36-31-27(28(19-33-31)24-4-2-1-3-5-24)16-23-10-12-26-29(34-35-30(26)17-23)13-11-21-6-8-22(9-7-21)18-32-25-14-15-37-20-25;3-2(4,5)1(6)7/h1-13,16-17,25,28,32H,14-15,18-20H2,(H,33,36)(H,34,35);(H,6,7)/b13-11+,27-16+;/t25-,28?;/m1./s1. The number of rotatable bonds is 7. The molecule has 4 N–H and O–H groups in total. The summed E-state index contributed by atoms with van der Waals surface area (Å²) >= 11 is 0.